The molecule has 1 N–H and O–H groups in total. The Morgan fingerprint density at radius 1 is 1.38 bits per heavy atom. The minimum atomic E-state index is -1.30. The second-order valence-corrected chi connectivity index (χ2v) is 8.67. The molecule has 0 spiro atoms. The van der Waals surface area contributed by atoms with Crippen molar-refractivity contribution in [1.82, 2.24) is 4.98 Å². The van der Waals surface area contributed by atoms with Gasteiger partial charge in [0.25, 0.3) is 0 Å². The van der Waals surface area contributed by atoms with Crippen LogP contribution >= 0.6 is 0 Å². The summed E-state index contributed by atoms with van der Waals surface area (Å²) in [5.74, 6) is 0. The quantitative estimate of drug-likeness (QED) is 0.729. The van der Waals surface area contributed by atoms with E-state index in [4.69, 9.17) is 5.26 Å². The van der Waals surface area contributed by atoms with Crippen LogP contribution in [0.3, 0.4) is 0 Å². The van der Waals surface area contributed by atoms with E-state index < -0.39 is 8.24 Å². The molecule has 4 heteroatoms. The number of pyridine rings is 1. The molecule has 0 amide bonds. The molecule has 0 aliphatic heterocycles. The molecule has 0 atom stereocenters. The van der Waals surface area contributed by atoms with Crippen LogP contribution in [0.15, 0.2) is 18.3 Å². The first-order valence-electron chi connectivity index (χ1n) is 4.15. The number of rotatable bonds is 2. The van der Waals surface area contributed by atoms with Crippen LogP contribution in [0, 0.1) is 11.3 Å². The first-order valence-corrected chi connectivity index (χ1v) is 7.65. The molecule has 0 fully saturated rings. The van der Waals surface area contributed by atoms with Crippen LogP contribution in [0.5, 0.6) is 0 Å². The average Bonchev–Trinajstić information content (AvgIpc) is 2.03. The smallest absolute Gasteiger partial charge is 0.144 e. The Kier molecular flexibility index (Phi) is 2.68. The van der Waals surface area contributed by atoms with Crippen LogP contribution < -0.4 is 4.98 Å². The van der Waals surface area contributed by atoms with Crippen LogP contribution in [0.25, 0.3) is 0 Å². The Morgan fingerprint density at radius 3 is 2.46 bits per heavy atom. The molecule has 13 heavy (non-hydrogen) atoms. The fourth-order valence-electron chi connectivity index (χ4n) is 0.967. The maximum absolute atomic E-state index is 8.54. The second kappa shape index (κ2) is 3.58. The number of anilines is 1. The van der Waals surface area contributed by atoms with E-state index in [-0.39, 0.29) is 0 Å². The van der Waals surface area contributed by atoms with Crippen molar-refractivity contribution < 1.29 is 0 Å². The van der Waals surface area contributed by atoms with Gasteiger partial charge in [0.1, 0.15) is 20.0 Å². The maximum atomic E-state index is 8.54. The zero-order valence-corrected chi connectivity index (χ0v) is 9.13. The first-order chi connectivity index (χ1) is 6.01. The van der Waals surface area contributed by atoms with E-state index in [1.165, 1.54) is 0 Å². The maximum Gasteiger partial charge on any atom is 0.144 e. The second-order valence-electron chi connectivity index (χ2n) is 3.92. The van der Waals surface area contributed by atoms with Gasteiger partial charge in [-0.3, -0.25) is 0 Å². The number of nitriles is 1. The first kappa shape index (κ1) is 9.74. The van der Waals surface area contributed by atoms with E-state index >= 15 is 0 Å². The third-order valence-electron chi connectivity index (χ3n) is 1.40. The summed E-state index contributed by atoms with van der Waals surface area (Å²) in [5, 5.41) is 8.54. The van der Waals surface area contributed by atoms with Crippen molar-refractivity contribution in [3.63, 3.8) is 0 Å². The van der Waals surface area contributed by atoms with E-state index in [1.807, 2.05) is 12.1 Å². The molecule has 1 aromatic rings. The van der Waals surface area contributed by atoms with Crippen molar-refractivity contribution in [1.29, 1.82) is 5.26 Å². The molecule has 1 heterocycles. The van der Waals surface area contributed by atoms with Gasteiger partial charge in [0.05, 0.1) is 6.20 Å². The van der Waals surface area contributed by atoms with Gasteiger partial charge in [0, 0.05) is 5.69 Å². The molecular weight excluding hydrogens is 178 g/mol. The predicted molar refractivity (Wildman–Crippen MR) is 55.9 cm³/mol. The van der Waals surface area contributed by atoms with Gasteiger partial charge in [-0.2, -0.15) is 5.26 Å². The van der Waals surface area contributed by atoms with Crippen LogP contribution in [-0.2, 0) is 0 Å². The zero-order valence-electron chi connectivity index (χ0n) is 8.13. The molecule has 3 nitrogen and oxygen atoms in total. The molecule has 0 saturated heterocycles. The van der Waals surface area contributed by atoms with Crippen LogP contribution in [-0.4, -0.2) is 13.2 Å². The molecule has 0 saturated carbocycles. The van der Waals surface area contributed by atoms with Gasteiger partial charge in [-0.15, -0.1) is 0 Å². The number of nitrogens with zero attached hydrogens (tertiary/aromatic N) is 2. The van der Waals surface area contributed by atoms with Crippen molar-refractivity contribution in [2.24, 2.45) is 0 Å². The lowest BCUT2D eigenvalue weighted by atomic mass is 10.3. The van der Waals surface area contributed by atoms with Crippen molar-refractivity contribution in [2.75, 3.05) is 4.98 Å². The normalized spacial score (nSPS) is 10.6. The fourth-order valence-corrected chi connectivity index (χ4v) is 1.98. The Balaban J connectivity index is 2.77. The van der Waals surface area contributed by atoms with Crippen molar-refractivity contribution in [3.05, 3.63) is 24.0 Å². The van der Waals surface area contributed by atoms with E-state index in [9.17, 15) is 0 Å². The lowest BCUT2D eigenvalue weighted by Gasteiger charge is -2.18. The van der Waals surface area contributed by atoms with Gasteiger partial charge in [-0.05, 0) is 12.1 Å². The third kappa shape index (κ3) is 3.26. The van der Waals surface area contributed by atoms with Gasteiger partial charge in [-0.1, -0.05) is 19.6 Å². The van der Waals surface area contributed by atoms with E-state index in [2.05, 4.69) is 29.6 Å². The summed E-state index contributed by atoms with van der Waals surface area (Å²) in [6.45, 7) is 6.64. The third-order valence-corrected chi connectivity index (χ3v) is 2.44. The van der Waals surface area contributed by atoms with Crippen LogP contribution in [0.4, 0.5) is 5.69 Å². The molecule has 1 aromatic heterocycles. The summed E-state index contributed by atoms with van der Waals surface area (Å²) in [5.41, 5.74) is 1.46. The minimum absolute atomic E-state index is 0.459. The highest BCUT2D eigenvalue weighted by atomic mass is 28.3. The molecule has 0 unspecified atom stereocenters. The lowest BCUT2D eigenvalue weighted by molar-refractivity contribution is 1.26. The van der Waals surface area contributed by atoms with Gasteiger partial charge < -0.3 is 4.98 Å². The lowest BCUT2D eigenvalue weighted by Crippen LogP contribution is -2.32. The van der Waals surface area contributed by atoms with E-state index in [1.54, 1.807) is 12.3 Å². The Bertz CT molecular complexity index is 318. The standard InChI is InChI=1S/C9H13N3Si/c1-13(2,3)12-9-5-4-8(6-10)11-7-9/h4-5,7,12H,1-3H3. The van der Waals surface area contributed by atoms with E-state index in [0.29, 0.717) is 5.69 Å². The van der Waals surface area contributed by atoms with Crippen molar-refractivity contribution in [3.8, 4) is 6.07 Å². The largest absolute Gasteiger partial charge is 0.410 e. The van der Waals surface area contributed by atoms with Crippen molar-refractivity contribution >= 4 is 13.9 Å². The highest BCUT2D eigenvalue weighted by molar-refractivity contribution is 6.79. The number of aromatic nitrogens is 1. The summed E-state index contributed by atoms with van der Waals surface area (Å²) in [6.07, 6.45) is 1.71. The number of hydrogen-bond acceptors (Lipinski definition) is 3. The molecule has 0 aliphatic carbocycles. The predicted octanol–water partition coefficient (Wildman–Crippen LogP) is 2.20. The van der Waals surface area contributed by atoms with Crippen LogP contribution in [0.1, 0.15) is 5.69 Å². The van der Waals surface area contributed by atoms with Gasteiger partial charge in [0.2, 0.25) is 0 Å². The Hall–Kier alpha value is -1.34. The van der Waals surface area contributed by atoms with Gasteiger partial charge >= 0.3 is 0 Å². The number of hydrogen-bond donors (Lipinski definition) is 1. The SMILES string of the molecule is C[Si](C)(C)Nc1ccc(C#N)nc1. The van der Waals surface area contributed by atoms with Gasteiger partial charge in [-0.25, -0.2) is 4.98 Å². The molecule has 0 aromatic carbocycles. The minimum Gasteiger partial charge on any atom is -0.410 e. The molecule has 0 radical (unpaired) electrons. The Labute approximate surface area is 79.5 Å². The summed E-state index contributed by atoms with van der Waals surface area (Å²) in [6, 6.07) is 5.61. The molecule has 68 valence electrons. The zero-order chi connectivity index (χ0) is 9.90. The molecular formula is C9H13N3Si. The fraction of sp³-hybridized carbons (Fsp3) is 0.333. The van der Waals surface area contributed by atoms with Gasteiger partial charge in [0.15, 0.2) is 0 Å². The highest BCUT2D eigenvalue weighted by Crippen LogP contribution is 2.10. The summed E-state index contributed by atoms with van der Waals surface area (Å²) in [4.78, 5) is 7.38. The van der Waals surface area contributed by atoms with E-state index in [0.717, 1.165) is 5.69 Å². The summed E-state index contributed by atoms with van der Waals surface area (Å²) >= 11 is 0. The number of nitrogens with one attached hydrogen (secondary N) is 1. The highest BCUT2D eigenvalue weighted by Gasteiger charge is 2.12. The van der Waals surface area contributed by atoms with Crippen LogP contribution in [0.2, 0.25) is 19.6 Å². The molecule has 0 aliphatic rings. The topological polar surface area (TPSA) is 48.7 Å². The average molecular weight is 191 g/mol. The summed E-state index contributed by atoms with van der Waals surface area (Å²) in [7, 11) is -1.30. The molecule has 1 rings (SSSR count). The summed E-state index contributed by atoms with van der Waals surface area (Å²) < 4.78 is 0. The Morgan fingerprint density at radius 2 is 2.08 bits per heavy atom. The molecule has 0 bridgehead atoms. The van der Waals surface area contributed by atoms with Crippen molar-refractivity contribution in [2.45, 2.75) is 19.6 Å². The monoisotopic (exact) mass is 191 g/mol.